The third-order valence-electron chi connectivity index (χ3n) is 3.18. The summed E-state index contributed by atoms with van der Waals surface area (Å²) in [6, 6.07) is 5.87. The number of aryl methyl sites for hydroxylation is 2. The van der Waals surface area contributed by atoms with Crippen LogP contribution in [0, 0.1) is 6.92 Å². The Kier molecular flexibility index (Phi) is 5.05. The first-order valence-electron chi connectivity index (χ1n) is 6.93. The van der Waals surface area contributed by atoms with E-state index >= 15 is 0 Å². The summed E-state index contributed by atoms with van der Waals surface area (Å²) >= 11 is 0. The molecular formula is C15H21N5O. The van der Waals surface area contributed by atoms with E-state index in [2.05, 4.69) is 15.4 Å². The monoisotopic (exact) mass is 287 g/mol. The van der Waals surface area contributed by atoms with Crippen molar-refractivity contribution in [1.29, 1.82) is 0 Å². The van der Waals surface area contributed by atoms with E-state index in [1.54, 1.807) is 17.1 Å². The number of carbonyl (C=O) groups excluding carboxylic acids is 1. The Labute approximate surface area is 124 Å². The molecule has 0 fully saturated rings. The first-order valence-corrected chi connectivity index (χ1v) is 6.93. The standard InChI is InChI=1S/C15H21N5O/c1-12-14(10-20(3)18-12)17-15(21)11-19(2)9-7-13-6-4-5-8-16-13/h4-6,8,10H,7,9,11H2,1-3H3,(H,17,21). The minimum atomic E-state index is -0.0328. The highest BCUT2D eigenvalue weighted by Gasteiger charge is 2.10. The second-order valence-corrected chi connectivity index (χ2v) is 5.16. The number of anilines is 1. The fraction of sp³-hybridized carbons (Fsp3) is 0.400. The Morgan fingerprint density at radius 3 is 2.86 bits per heavy atom. The largest absolute Gasteiger partial charge is 0.322 e. The molecule has 6 nitrogen and oxygen atoms in total. The lowest BCUT2D eigenvalue weighted by atomic mass is 10.2. The number of nitrogens with one attached hydrogen (secondary N) is 1. The van der Waals surface area contributed by atoms with Crippen molar-refractivity contribution in [2.24, 2.45) is 7.05 Å². The number of carbonyl (C=O) groups is 1. The number of pyridine rings is 1. The smallest absolute Gasteiger partial charge is 0.238 e. The van der Waals surface area contributed by atoms with Crippen molar-refractivity contribution in [2.45, 2.75) is 13.3 Å². The molecule has 2 aromatic rings. The van der Waals surface area contributed by atoms with Gasteiger partial charge in [0.05, 0.1) is 17.9 Å². The van der Waals surface area contributed by atoms with E-state index in [9.17, 15) is 4.79 Å². The van der Waals surface area contributed by atoms with Gasteiger partial charge < -0.3 is 5.32 Å². The number of nitrogens with zero attached hydrogens (tertiary/aromatic N) is 4. The molecule has 0 saturated heterocycles. The first-order chi connectivity index (χ1) is 10.0. The molecule has 1 amide bonds. The lowest BCUT2D eigenvalue weighted by Gasteiger charge is -2.15. The zero-order valence-electron chi connectivity index (χ0n) is 12.7. The molecule has 0 aliphatic carbocycles. The van der Waals surface area contributed by atoms with Crippen LogP contribution in [-0.4, -0.2) is 45.7 Å². The predicted octanol–water partition coefficient (Wildman–Crippen LogP) is 1.24. The van der Waals surface area contributed by atoms with Gasteiger partial charge in [-0.15, -0.1) is 0 Å². The normalized spacial score (nSPS) is 10.9. The Morgan fingerprint density at radius 1 is 1.43 bits per heavy atom. The van der Waals surface area contributed by atoms with Gasteiger partial charge in [-0.25, -0.2) is 0 Å². The Hall–Kier alpha value is -2.21. The molecule has 0 aromatic carbocycles. The molecule has 112 valence electrons. The second-order valence-electron chi connectivity index (χ2n) is 5.16. The number of hydrogen-bond donors (Lipinski definition) is 1. The lowest BCUT2D eigenvalue weighted by molar-refractivity contribution is -0.117. The van der Waals surface area contributed by atoms with Gasteiger partial charge in [0.25, 0.3) is 0 Å². The molecule has 0 spiro atoms. The fourth-order valence-electron chi connectivity index (χ4n) is 2.09. The van der Waals surface area contributed by atoms with Crippen molar-refractivity contribution in [3.63, 3.8) is 0 Å². The summed E-state index contributed by atoms with van der Waals surface area (Å²) in [4.78, 5) is 18.2. The highest BCUT2D eigenvalue weighted by molar-refractivity contribution is 5.92. The molecule has 0 saturated carbocycles. The van der Waals surface area contributed by atoms with E-state index in [1.165, 1.54) is 0 Å². The molecule has 0 unspecified atom stereocenters. The highest BCUT2D eigenvalue weighted by Crippen LogP contribution is 2.11. The highest BCUT2D eigenvalue weighted by atomic mass is 16.2. The molecule has 2 rings (SSSR count). The van der Waals surface area contributed by atoms with Crippen LogP contribution in [0.3, 0.4) is 0 Å². The van der Waals surface area contributed by atoms with Gasteiger partial charge >= 0.3 is 0 Å². The number of rotatable bonds is 6. The average molecular weight is 287 g/mol. The summed E-state index contributed by atoms with van der Waals surface area (Å²) in [7, 11) is 3.76. The maximum absolute atomic E-state index is 12.0. The number of hydrogen-bond acceptors (Lipinski definition) is 4. The molecule has 6 heteroatoms. The van der Waals surface area contributed by atoms with Crippen LogP contribution in [0.15, 0.2) is 30.6 Å². The van der Waals surface area contributed by atoms with E-state index in [1.807, 2.05) is 44.1 Å². The van der Waals surface area contributed by atoms with Crippen molar-refractivity contribution < 1.29 is 4.79 Å². The third-order valence-corrected chi connectivity index (χ3v) is 3.18. The van der Waals surface area contributed by atoms with Crippen LogP contribution in [0.25, 0.3) is 0 Å². The van der Waals surface area contributed by atoms with Crippen LogP contribution in [0.4, 0.5) is 5.69 Å². The van der Waals surface area contributed by atoms with Crippen LogP contribution < -0.4 is 5.32 Å². The van der Waals surface area contributed by atoms with Gasteiger partial charge in [-0.1, -0.05) is 6.07 Å². The van der Waals surface area contributed by atoms with Crippen LogP contribution >= 0.6 is 0 Å². The molecule has 0 atom stereocenters. The van der Waals surface area contributed by atoms with E-state index in [4.69, 9.17) is 0 Å². The summed E-state index contributed by atoms with van der Waals surface area (Å²) in [6.45, 7) is 3.01. The SMILES string of the molecule is Cc1nn(C)cc1NC(=O)CN(C)CCc1ccccn1. The van der Waals surface area contributed by atoms with Gasteiger partial charge in [0.15, 0.2) is 0 Å². The second kappa shape index (κ2) is 6.99. The molecule has 0 radical (unpaired) electrons. The maximum Gasteiger partial charge on any atom is 0.238 e. The van der Waals surface area contributed by atoms with Crippen molar-refractivity contribution >= 4 is 11.6 Å². The van der Waals surface area contributed by atoms with E-state index < -0.39 is 0 Å². The molecule has 0 aliphatic heterocycles. The average Bonchev–Trinajstić information content (AvgIpc) is 2.75. The first kappa shape index (κ1) is 15.2. The van der Waals surface area contributed by atoms with Gasteiger partial charge in [-0.3, -0.25) is 19.4 Å². The molecule has 2 heterocycles. The topological polar surface area (TPSA) is 63.1 Å². The van der Waals surface area contributed by atoms with Gasteiger partial charge in [-0.2, -0.15) is 5.10 Å². The Balaban J connectivity index is 1.78. The predicted molar refractivity (Wildman–Crippen MR) is 82.0 cm³/mol. The van der Waals surface area contributed by atoms with Gasteiger partial charge in [0.2, 0.25) is 5.91 Å². The van der Waals surface area contributed by atoms with E-state index in [-0.39, 0.29) is 5.91 Å². The van der Waals surface area contributed by atoms with Gasteiger partial charge in [0, 0.05) is 38.1 Å². The van der Waals surface area contributed by atoms with Crippen LogP contribution in [-0.2, 0) is 18.3 Å². The van der Waals surface area contributed by atoms with Crippen molar-refractivity contribution in [2.75, 3.05) is 25.5 Å². The molecule has 21 heavy (non-hydrogen) atoms. The number of aromatic nitrogens is 3. The minimum Gasteiger partial charge on any atom is -0.322 e. The Bertz CT molecular complexity index is 593. The van der Waals surface area contributed by atoms with Crippen molar-refractivity contribution in [1.82, 2.24) is 19.7 Å². The molecule has 2 aromatic heterocycles. The summed E-state index contributed by atoms with van der Waals surface area (Å²) < 4.78 is 1.69. The molecule has 0 aliphatic rings. The molecular weight excluding hydrogens is 266 g/mol. The quantitative estimate of drug-likeness (QED) is 0.868. The lowest BCUT2D eigenvalue weighted by Crippen LogP contribution is -2.31. The summed E-state index contributed by atoms with van der Waals surface area (Å²) in [5.74, 6) is -0.0328. The number of amides is 1. The van der Waals surface area contributed by atoms with Crippen LogP contribution in [0.5, 0.6) is 0 Å². The van der Waals surface area contributed by atoms with Gasteiger partial charge in [0.1, 0.15) is 0 Å². The third kappa shape index (κ3) is 4.68. The van der Waals surface area contributed by atoms with Crippen LogP contribution in [0.2, 0.25) is 0 Å². The molecule has 0 bridgehead atoms. The maximum atomic E-state index is 12.0. The number of likely N-dealkylation sites (N-methyl/N-ethyl adjacent to an activating group) is 1. The fourth-order valence-corrected chi connectivity index (χ4v) is 2.09. The van der Waals surface area contributed by atoms with Gasteiger partial charge in [-0.05, 0) is 26.1 Å². The molecule has 1 N–H and O–H groups in total. The zero-order valence-corrected chi connectivity index (χ0v) is 12.7. The van der Waals surface area contributed by atoms with Crippen molar-refractivity contribution in [3.05, 3.63) is 42.0 Å². The van der Waals surface area contributed by atoms with Crippen LogP contribution in [0.1, 0.15) is 11.4 Å². The Morgan fingerprint density at radius 2 is 2.24 bits per heavy atom. The van der Waals surface area contributed by atoms with E-state index in [0.29, 0.717) is 6.54 Å². The summed E-state index contributed by atoms with van der Waals surface area (Å²) in [5.41, 5.74) is 2.62. The summed E-state index contributed by atoms with van der Waals surface area (Å²) in [5, 5.41) is 7.08. The summed E-state index contributed by atoms with van der Waals surface area (Å²) in [6.07, 6.45) is 4.42. The minimum absolute atomic E-state index is 0.0328. The van der Waals surface area contributed by atoms with E-state index in [0.717, 1.165) is 30.0 Å². The zero-order chi connectivity index (χ0) is 15.2. The van der Waals surface area contributed by atoms with Crippen molar-refractivity contribution in [3.8, 4) is 0 Å².